The predicted molar refractivity (Wildman–Crippen MR) is 92.6 cm³/mol. The second-order valence-electron chi connectivity index (χ2n) is 5.23. The Morgan fingerprint density at radius 1 is 1.43 bits per heavy atom. The van der Waals surface area contributed by atoms with Gasteiger partial charge in [-0.2, -0.15) is 11.8 Å². The van der Waals surface area contributed by atoms with Crippen LogP contribution in [-0.2, 0) is 4.79 Å². The number of nitrogens with one attached hydrogen (secondary N) is 3. The van der Waals surface area contributed by atoms with Gasteiger partial charge in [0, 0.05) is 52.8 Å². The van der Waals surface area contributed by atoms with Gasteiger partial charge in [0.1, 0.15) is 0 Å². The van der Waals surface area contributed by atoms with Crippen molar-refractivity contribution in [2.24, 2.45) is 0 Å². The Morgan fingerprint density at radius 2 is 2.29 bits per heavy atom. The number of benzene rings is 1. The maximum absolute atomic E-state index is 12.1. The molecule has 0 saturated carbocycles. The molecule has 0 aliphatic carbocycles. The molecular formula is C15H20ClN3OS. The lowest BCUT2D eigenvalue weighted by atomic mass is 10.2. The number of rotatable bonds is 3. The summed E-state index contributed by atoms with van der Waals surface area (Å²) in [6.45, 7) is 3.03. The number of aromatic nitrogens is 1. The van der Waals surface area contributed by atoms with Crippen LogP contribution >= 0.6 is 24.2 Å². The Morgan fingerprint density at radius 3 is 3.05 bits per heavy atom. The van der Waals surface area contributed by atoms with Crippen LogP contribution in [0, 0.1) is 6.92 Å². The minimum Gasteiger partial charge on any atom is -0.359 e. The van der Waals surface area contributed by atoms with Gasteiger partial charge in [0.15, 0.2) is 0 Å². The van der Waals surface area contributed by atoms with Crippen LogP contribution < -0.4 is 10.6 Å². The molecule has 1 aromatic carbocycles. The quantitative estimate of drug-likeness (QED) is 0.813. The molecule has 0 radical (unpaired) electrons. The number of anilines is 1. The molecule has 1 aromatic heterocycles. The third kappa shape index (κ3) is 4.15. The first-order valence-corrected chi connectivity index (χ1v) is 8.06. The van der Waals surface area contributed by atoms with E-state index in [-0.39, 0.29) is 18.3 Å². The lowest BCUT2D eigenvalue weighted by Crippen LogP contribution is -2.39. The summed E-state index contributed by atoms with van der Waals surface area (Å²) >= 11 is 1.91. The number of thioether (sulfide) groups is 1. The Balaban J connectivity index is 0.00000161. The third-order valence-electron chi connectivity index (χ3n) is 3.47. The maximum Gasteiger partial charge on any atom is 0.225 e. The van der Waals surface area contributed by atoms with E-state index in [9.17, 15) is 4.79 Å². The topological polar surface area (TPSA) is 56.9 Å². The molecule has 0 spiro atoms. The summed E-state index contributed by atoms with van der Waals surface area (Å²) in [6, 6.07) is 8.35. The molecule has 1 unspecified atom stereocenters. The van der Waals surface area contributed by atoms with E-state index in [1.807, 2.05) is 36.9 Å². The maximum atomic E-state index is 12.1. The molecule has 1 atom stereocenters. The van der Waals surface area contributed by atoms with E-state index in [1.165, 1.54) is 0 Å². The first-order chi connectivity index (χ1) is 9.70. The van der Waals surface area contributed by atoms with E-state index in [0.717, 1.165) is 40.3 Å². The molecular weight excluding hydrogens is 306 g/mol. The normalized spacial score (nSPS) is 18.2. The molecule has 0 bridgehead atoms. The van der Waals surface area contributed by atoms with Crippen LogP contribution in [0.15, 0.2) is 24.3 Å². The van der Waals surface area contributed by atoms with Crippen molar-refractivity contribution in [1.29, 1.82) is 0 Å². The van der Waals surface area contributed by atoms with E-state index < -0.39 is 0 Å². The van der Waals surface area contributed by atoms with Crippen molar-refractivity contribution in [2.45, 2.75) is 19.4 Å². The number of carbonyl (C=O) groups excluding carboxylic acids is 1. The highest BCUT2D eigenvalue weighted by molar-refractivity contribution is 7.99. The van der Waals surface area contributed by atoms with Gasteiger partial charge in [-0.15, -0.1) is 12.4 Å². The summed E-state index contributed by atoms with van der Waals surface area (Å²) in [7, 11) is 0. The summed E-state index contributed by atoms with van der Waals surface area (Å²) in [5.74, 6) is 2.24. The van der Waals surface area contributed by atoms with E-state index in [4.69, 9.17) is 0 Å². The van der Waals surface area contributed by atoms with Crippen LogP contribution in [0.4, 0.5) is 5.69 Å². The summed E-state index contributed by atoms with van der Waals surface area (Å²) in [5, 5.41) is 7.50. The molecule has 1 saturated heterocycles. The van der Waals surface area contributed by atoms with E-state index in [0.29, 0.717) is 12.5 Å². The zero-order chi connectivity index (χ0) is 13.9. The lowest BCUT2D eigenvalue weighted by molar-refractivity contribution is -0.116. The van der Waals surface area contributed by atoms with Gasteiger partial charge < -0.3 is 15.6 Å². The summed E-state index contributed by atoms with van der Waals surface area (Å²) in [6.07, 6.45) is 0.539. The number of aromatic amines is 1. The predicted octanol–water partition coefficient (Wildman–Crippen LogP) is 2.93. The van der Waals surface area contributed by atoms with Gasteiger partial charge in [0.05, 0.1) is 0 Å². The monoisotopic (exact) mass is 325 g/mol. The van der Waals surface area contributed by atoms with Crippen molar-refractivity contribution in [3.8, 4) is 0 Å². The van der Waals surface area contributed by atoms with Gasteiger partial charge in [-0.1, -0.05) is 0 Å². The molecule has 21 heavy (non-hydrogen) atoms. The highest BCUT2D eigenvalue weighted by Crippen LogP contribution is 2.20. The smallest absolute Gasteiger partial charge is 0.225 e. The van der Waals surface area contributed by atoms with Gasteiger partial charge in [-0.05, 0) is 31.2 Å². The van der Waals surface area contributed by atoms with Crippen molar-refractivity contribution < 1.29 is 4.79 Å². The van der Waals surface area contributed by atoms with Crippen molar-refractivity contribution in [2.75, 3.05) is 23.4 Å². The molecule has 2 heterocycles. The van der Waals surface area contributed by atoms with Gasteiger partial charge in [0.25, 0.3) is 0 Å². The second-order valence-corrected chi connectivity index (χ2v) is 6.38. The van der Waals surface area contributed by atoms with Crippen LogP contribution in [0.1, 0.15) is 12.1 Å². The number of fused-ring (bicyclic) bond motifs is 1. The second kappa shape index (κ2) is 7.20. The number of aryl methyl sites for hydroxylation is 1. The highest BCUT2D eigenvalue weighted by atomic mass is 35.5. The van der Waals surface area contributed by atoms with Gasteiger partial charge in [0.2, 0.25) is 5.91 Å². The molecule has 2 aromatic rings. The van der Waals surface area contributed by atoms with E-state index in [1.54, 1.807) is 0 Å². The minimum atomic E-state index is 0. The van der Waals surface area contributed by atoms with Crippen molar-refractivity contribution in [3.63, 3.8) is 0 Å². The average Bonchev–Trinajstić information content (AvgIpc) is 2.79. The Bertz CT molecular complexity index is 622. The fraction of sp³-hybridized carbons (Fsp3) is 0.400. The first kappa shape index (κ1) is 16.2. The summed E-state index contributed by atoms with van der Waals surface area (Å²) < 4.78 is 0. The molecule has 1 amide bonds. The SMILES string of the molecule is Cc1cc2cc(NC(=O)CC3CSCCN3)ccc2[nH]1.Cl. The Hall–Kier alpha value is -1.17. The van der Waals surface area contributed by atoms with Crippen molar-refractivity contribution >= 4 is 46.7 Å². The molecule has 3 N–H and O–H groups in total. The molecule has 3 rings (SSSR count). The van der Waals surface area contributed by atoms with Gasteiger partial charge in [-0.25, -0.2) is 0 Å². The number of halogens is 1. The summed E-state index contributed by atoms with van der Waals surface area (Å²) in [5.41, 5.74) is 3.10. The number of H-pyrrole nitrogens is 1. The van der Waals surface area contributed by atoms with Crippen LogP contribution in [0.5, 0.6) is 0 Å². The zero-order valence-electron chi connectivity index (χ0n) is 11.9. The van der Waals surface area contributed by atoms with Crippen LogP contribution in [0.2, 0.25) is 0 Å². The standard InChI is InChI=1S/C15H19N3OS.ClH/c1-10-6-11-7-12(2-3-14(11)17-10)18-15(19)8-13-9-20-5-4-16-13;/h2-3,6-7,13,16-17H,4-5,8-9H2,1H3,(H,18,19);1H. The average molecular weight is 326 g/mol. The Labute approximate surface area is 134 Å². The first-order valence-electron chi connectivity index (χ1n) is 6.91. The van der Waals surface area contributed by atoms with Crippen LogP contribution in [0.3, 0.4) is 0 Å². The number of hydrogen-bond donors (Lipinski definition) is 3. The molecule has 4 nitrogen and oxygen atoms in total. The number of hydrogen-bond acceptors (Lipinski definition) is 3. The number of amides is 1. The van der Waals surface area contributed by atoms with Crippen molar-refractivity contribution in [3.05, 3.63) is 30.0 Å². The zero-order valence-corrected chi connectivity index (χ0v) is 13.6. The minimum absolute atomic E-state index is 0. The van der Waals surface area contributed by atoms with Crippen molar-refractivity contribution in [1.82, 2.24) is 10.3 Å². The van der Waals surface area contributed by atoms with Gasteiger partial charge >= 0.3 is 0 Å². The molecule has 6 heteroatoms. The fourth-order valence-corrected chi connectivity index (χ4v) is 3.49. The molecule has 1 aliphatic heterocycles. The largest absolute Gasteiger partial charge is 0.359 e. The Kier molecular flexibility index (Phi) is 5.56. The lowest BCUT2D eigenvalue weighted by Gasteiger charge is -2.22. The molecule has 1 fully saturated rings. The van der Waals surface area contributed by atoms with Crippen LogP contribution in [-0.4, -0.2) is 35.0 Å². The van der Waals surface area contributed by atoms with Crippen LogP contribution in [0.25, 0.3) is 10.9 Å². The molecule has 1 aliphatic rings. The number of carbonyl (C=O) groups is 1. The molecule has 114 valence electrons. The third-order valence-corrected chi connectivity index (χ3v) is 4.60. The summed E-state index contributed by atoms with van der Waals surface area (Å²) in [4.78, 5) is 15.3. The fourth-order valence-electron chi connectivity index (χ4n) is 2.54. The van der Waals surface area contributed by atoms with E-state index >= 15 is 0 Å². The van der Waals surface area contributed by atoms with E-state index in [2.05, 4.69) is 21.7 Å². The van der Waals surface area contributed by atoms with Gasteiger partial charge in [-0.3, -0.25) is 4.79 Å². The highest BCUT2D eigenvalue weighted by Gasteiger charge is 2.16.